The zero-order valence-corrected chi connectivity index (χ0v) is 14.5. The first-order valence-corrected chi connectivity index (χ1v) is 9.01. The van der Waals surface area contributed by atoms with E-state index in [2.05, 4.69) is 31.2 Å². The van der Waals surface area contributed by atoms with Gasteiger partial charge in [0.25, 0.3) is 0 Å². The quantitative estimate of drug-likeness (QED) is 0.270. The Hall–Kier alpha value is -1.70. The van der Waals surface area contributed by atoms with Gasteiger partial charge in [-0.15, -0.1) is 0 Å². The van der Waals surface area contributed by atoms with Crippen molar-refractivity contribution in [2.45, 2.75) is 71.1 Å². The molecule has 0 unspecified atom stereocenters. The summed E-state index contributed by atoms with van der Waals surface area (Å²) in [5.74, 6) is 0.0391. The van der Waals surface area contributed by atoms with E-state index in [-0.39, 0.29) is 11.5 Å². The van der Waals surface area contributed by atoms with Crippen LogP contribution in [0.5, 0.6) is 11.5 Å². The molecule has 1 aromatic rings. The standard InChI is InChI=1S/C21H32O2/c1-2-3-4-5-6-7-8-9-10-11-12-13-14-16-19-17-15-18-20(22)21(19)23/h2-3,5-6,15,17-18,22-23H,4,7-14,16H2,1H3. The number of unbranched alkanes of at least 4 members (excludes halogenated alkanes) is 7. The summed E-state index contributed by atoms with van der Waals surface area (Å²) in [5.41, 5.74) is 0.856. The molecule has 2 heteroatoms. The fourth-order valence-corrected chi connectivity index (χ4v) is 2.67. The molecule has 2 nitrogen and oxygen atoms in total. The van der Waals surface area contributed by atoms with Crippen molar-refractivity contribution in [1.82, 2.24) is 0 Å². The van der Waals surface area contributed by atoms with E-state index >= 15 is 0 Å². The number of aryl methyl sites for hydroxylation is 1. The number of hydrogen-bond acceptors (Lipinski definition) is 2. The molecule has 1 rings (SSSR count). The van der Waals surface area contributed by atoms with Gasteiger partial charge < -0.3 is 10.2 Å². The molecular weight excluding hydrogens is 284 g/mol. The van der Waals surface area contributed by atoms with Gasteiger partial charge in [0.2, 0.25) is 0 Å². The number of para-hydroxylation sites is 1. The van der Waals surface area contributed by atoms with Gasteiger partial charge in [0, 0.05) is 0 Å². The number of allylic oxidation sites excluding steroid dienone is 4. The second-order valence-electron chi connectivity index (χ2n) is 6.07. The van der Waals surface area contributed by atoms with E-state index in [1.54, 1.807) is 6.07 Å². The van der Waals surface area contributed by atoms with Crippen LogP contribution in [-0.2, 0) is 6.42 Å². The maximum atomic E-state index is 9.73. The van der Waals surface area contributed by atoms with Crippen LogP contribution in [0, 0.1) is 0 Å². The summed E-state index contributed by atoms with van der Waals surface area (Å²) in [7, 11) is 0. The topological polar surface area (TPSA) is 40.5 Å². The Bertz CT molecular complexity index is 475. The Labute approximate surface area is 141 Å². The zero-order chi connectivity index (χ0) is 16.8. The minimum atomic E-state index is -0.0118. The normalized spacial score (nSPS) is 11.7. The van der Waals surface area contributed by atoms with Crippen molar-refractivity contribution in [3.05, 3.63) is 48.1 Å². The van der Waals surface area contributed by atoms with Crippen LogP contribution >= 0.6 is 0 Å². The maximum Gasteiger partial charge on any atom is 0.160 e. The van der Waals surface area contributed by atoms with Gasteiger partial charge in [0.05, 0.1) is 0 Å². The molecule has 1 aromatic carbocycles. The molecule has 0 saturated carbocycles. The van der Waals surface area contributed by atoms with Gasteiger partial charge >= 0.3 is 0 Å². The van der Waals surface area contributed by atoms with Crippen LogP contribution in [0.4, 0.5) is 0 Å². The molecule has 0 fully saturated rings. The van der Waals surface area contributed by atoms with Gasteiger partial charge in [-0.2, -0.15) is 0 Å². The van der Waals surface area contributed by atoms with E-state index in [0.717, 1.165) is 24.8 Å². The van der Waals surface area contributed by atoms with E-state index in [1.165, 1.54) is 51.0 Å². The average molecular weight is 316 g/mol. The van der Waals surface area contributed by atoms with Crippen molar-refractivity contribution in [1.29, 1.82) is 0 Å². The summed E-state index contributed by atoms with van der Waals surface area (Å²) in [4.78, 5) is 0. The largest absolute Gasteiger partial charge is 0.504 e. The molecule has 0 amide bonds. The molecule has 0 aliphatic carbocycles. The van der Waals surface area contributed by atoms with Crippen molar-refractivity contribution in [2.75, 3.05) is 0 Å². The summed E-state index contributed by atoms with van der Waals surface area (Å²) in [6.07, 6.45) is 20.7. The predicted molar refractivity (Wildman–Crippen MR) is 99.0 cm³/mol. The zero-order valence-electron chi connectivity index (χ0n) is 14.5. The molecule has 2 N–H and O–H groups in total. The molecule has 0 heterocycles. The Kier molecular flexibility index (Phi) is 10.8. The SMILES string of the molecule is CC=CCC=CCCCCCCCCCc1cccc(O)c1O. The lowest BCUT2D eigenvalue weighted by Gasteiger charge is -2.06. The van der Waals surface area contributed by atoms with Gasteiger partial charge in [0.1, 0.15) is 0 Å². The average Bonchev–Trinajstić information content (AvgIpc) is 2.55. The van der Waals surface area contributed by atoms with Crippen molar-refractivity contribution in [3.63, 3.8) is 0 Å². The maximum absolute atomic E-state index is 9.73. The summed E-state index contributed by atoms with van der Waals surface area (Å²) >= 11 is 0. The van der Waals surface area contributed by atoms with Crippen LogP contribution in [0.25, 0.3) is 0 Å². The third kappa shape index (κ3) is 9.12. The van der Waals surface area contributed by atoms with Crippen molar-refractivity contribution in [3.8, 4) is 11.5 Å². The first kappa shape index (κ1) is 19.3. The third-order valence-corrected chi connectivity index (χ3v) is 4.09. The smallest absolute Gasteiger partial charge is 0.160 e. The first-order valence-electron chi connectivity index (χ1n) is 9.01. The summed E-state index contributed by atoms with van der Waals surface area (Å²) < 4.78 is 0. The summed E-state index contributed by atoms with van der Waals surface area (Å²) in [6, 6.07) is 5.20. The molecule has 0 bridgehead atoms. The summed E-state index contributed by atoms with van der Waals surface area (Å²) in [6.45, 7) is 2.06. The van der Waals surface area contributed by atoms with Gasteiger partial charge in [-0.1, -0.05) is 68.5 Å². The van der Waals surface area contributed by atoms with Crippen LogP contribution in [0.1, 0.15) is 70.3 Å². The second kappa shape index (κ2) is 12.8. The van der Waals surface area contributed by atoms with Crippen molar-refractivity contribution in [2.24, 2.45) is 0 Å². The molecule has 128 valence electrons. The van der Waals surface area contributed by atoms with Crippen molar-refractivity contribution >= 4 is 0 Å². The van der Waals surface area contributed by atoms with E-state index in [0.29, 0.717) is 0 Å². The molecule has 0 aliphatic rings. The van der Waals surface area contributed by atoms with Gasteiger partial charge in [-0.25, -0.2) is 0 Å². The molecular formula is C21H32O2. The number of hydrogen-bond donors (Lipinski definition) is 2. The minimum Gasteiger partial charge on any atom is -0.504 e. The molecule has 0 aromatic heterocycles. The first-order chi connectivity index (χ1) is 11.3. The second-order valence-corrected chi connectivity index (χ2v) is 6.07. The monoisotopic (exact) mass is 316 g/mol. The number of aromatic hydroxyl groups is 2. The van der Waals surface area contributed by atoms with Gasteiger partial charge in [-0.3, -0.25) is 0 Å². The van der Waals surface area contributed by atoms with Crippen LogP contribution in [0.2, 0.25) is 0 Å². The van der Waals surface area contributed by atoms with E-state index in [4.69, 9.17) is 0 Å². The van der Waals surface area contributed by atoms with E-state index in [1.807, 2.05) is 6.07 Å². The Morgan fingerprint density at radius 1 is 0.826 bits per heavy atom. The van der Waals surface area contributed by atoms with Crippen LogP contribution in [-0.4, -0.2) is 10.2 Å². The van der Waals surface area contributed by atoms with E-state index < -0.39 is 0 Å². The lowest BCUT2D eigenvalue weighted by Crippen LogP contribution is -1.87. The Balaban J connectivity index is 1.94. The Morgan fingerprint density at radius 2 is 1.52 bits per heavy atom. The predicted octanol–water partition coefficient (Wildman–Crippen LogP) is 6.28. The molecule has 0 spiro atoms. The molecule has 0 radical (unpaired) electrons. The number of phenols is 2. The van der Waals surface area contributed by atoms with Gasteiger partial charge in [0.15, 0.2) is 11.5 Å². The highest BCUT2D eigenvalue weighted by atomic mass is 16.3. The highest BCUT2D eigenvalue weighted by Crippen LogP contribution is 2.29. The molecule has 23 heavy (non-hydrogen) atoms. The molecule has 0 aliphatic heterocycles. The van der Waals surface area contributed by atoms with Crippen LogP contribution in [0.3, 0.4) is 0 Å². The van der Waals surface area contributed by atoms with E-state index in [9.17, 15) is 10.2 Å². The van der Waals surface area contributed by atoms with Crippen LogP contribution < -0.4 is 0 Å². The minimum absolute atomic E-state index is 0.0118. The number of rotatable bonds is 12. The van der Waals surface area contributed by atoms with Gasteiger partial charge in [-0.05, 0) is 50.7 Å². The fraction of sp³-hybridized carbons (Fsp3) is 0.524. The lowest BCUT2D eigenvalue weighted by molar-refractivity contribution is 0.398. The number of phenolic OH excluding ortho intramolecular Hbond substituents is 2. The highest BCUT2D eigenvalue weighted by Gasteiger charge is 2.04. The molecule has 0 saturated heterocycles. The lowest BCUT2D eigenvalue weighted by atomic mass is 10.0. The fourth-order valence-electron chi connectivity index (χ4n) is 2.67. The number of benzene rings is 1. The van der Waals surface area contributed by atoms with Crippen LogP contribution in [0.15, 0.2) is 42.5 Å². The third-order valence-electron chi connectivity index (χ3n) is 4.09. The molecule has 0 atom stereocenters. The Morgan fingerprint density at radius 3 is 2.26 bits per heavy atom. The van der Waals surface area contributed by atoms with Crippen molar-refractivity contribution < 1.29 is 10.2 Å². The summed E-state index contributed by atoms with van der Waals surface area (Å²) in [5, 5.41) is 19.2. The highest BCUT2D eigenvalue weighted by molar-refractivity contribution is 5.44.